The van der Waals surface area contributed by atoms with Crippen LogP contribution in [0.15, 0.2) is 59.0 Å². The summed E-state index contributed by atoms with van der Waals surface area (Å²) in [5, 5.41) is 2.86. The molecule has 0 spiro atoms. The number of rotatable bonds is 4. The van der Waals surface area contributed by atoms with E-state index in [1.807, 2.05) is 0 Å². The minimum Gasteiger partial charge on any atom is -0.451 e. The number of carbonyl (C=O) groups is 2. The number of halogens is 2. The third-order valence-corrected chi connectivity index (χ3v) is 3.80. The Morgan fingerprint density at radius 3 is 2.52 bits per heavy atom. The largest absolute Gasteiger partial charge is 0.451 e. The first kappa shape index (κ1) is 16.7. The molecule has 126 valence electrons. The highest BCUT2D eigenvalue weighted by atomic mass is 35.5. The van der Waals surface area contributed by atoms with E-state index in [1.165, 1.54) is 18.2 Å². The fraction of sp³-hybridized carbons (Fsp3) is 0. The molecule has 0 atom stereocenters. The number of amides is 2. The molecule has 0 fully saturated rings. The van der Waals surface area contributed by atoms with Gasteiger partial charge >= 0.3 is 0 Å². The Labute approximate surface area is 147 Å². The quantitative estimate of drug-likeness (QED) is 0.736. The summed E-state index contributed by atoms with van der Waals surface area (Å²) in [6.45, 7) is 0. The van der Waals surface area contributed by atoms with Crippen molar-refractivity contribution in [3.63, 3.8) is 0 Å². The van der Waals surface area contributed by atoms with Crippen molar-refractivity contribution in [2.45, 2.75) is 0 Å². The van der Waals surface area contributed by atoms with E-state index >= 15 is 0 Å². The maximum Gasteiger partial charge on any atom is 0.291 e. The molecule has 1 aromatic heterocycles. The molecule has 1 heterocycles. The maximum absolute atomic E-state index is 13.9. The van der Waals surface area contributed by atoms with Crippen LogP contribution < -0.4 is 11.1 Å². The van der Waals surface area contributed by atoms with Crippen molar-refractivity contribution in [2.75, 3.05) is 5.32 Å². The van der Waals surface area contributed by atoms with E-state index < -0.39 is 17.6 Å². The molecule has 5 nitrogen and oxygen atoms in total. The smallest absolute Gasteiger partial charge is 0.291 e. The lowest BCUT2D eigenvalue weighted by Gasteiger charge is -2.06. The summed E-state index contributed by atoms with van der Waals surface area (Å²) in [7, 11) is 0. The number of anilines is 1. The lowest BCUT2D eigenvalue weighted by atomic mass is 10.2. The van der Waals surface area contributed by atoms with Gasteiger partial charge in [-0.3, -0.25) is 9.59 Å². The van der Waals surface area contributed by atoms with Crippen LogP contribution in [0.25, 0.3) is 11.3 Å². The molecule has 0 radical (unpaired) electrons. The second-order valence-corrected chi connectivity index (χ2v) is 5.56. The van der Waals surface area contributed by atoms with Crippen LogP contribution >= 0.6 is 11.6 Å². The molecule has 3 rings (SSSR count). The zero-order chi connectivity index (χ0) is 18.0. The Morgan fingerprint density at radius 1 is 1.08 bits per heavy atom. The SMILES string of the molecule is NC(=O)c1ccc(NC(=O)c2ccc(-c3ccccc3Cl)o2)c(F)c1. The lowest BCUT2D eigenvalue weighted by molar-refractivity contribution is 0.0992. The van der Waals surface area contributed by atoms with Gasteiger partial charge in [0, 0.05) is 11.1 Å². The van der Waals surface area contributed by atoms with Gasteiger partial charge in [0.15, 0.2) is 5.76 Å². The summed E-state index contributed by atoms with van der Waals surface area (Å²) in [4.78, 5) is 23.2. The summed E-state index contributed by atoms with van der Waals surface area (Å²) in [5.41, 5.74) is 5.63. The summed E-state index contributed by atoms with van der Waals surface area (Å²) in [6, 6.07) is 13.6. The van der Waals surface area contributed by atoms with Gasteiger partial charge in [0.2, 0.25) is 5.91 Å². The number of carbonyl (C=O) groups excluding carboxylic acids is 2. The number of furan rings is 1. The zero-order valence-corrected chi connectivity index (χ0v) is 13.5. The molecule has 3 aromatic rings. The summed E-state index contributed by atoms with van der Waals surface area (Å²) < 4.78 is 19.4. The molecule has 0 unspecified atom stereocenters. The molecule has 25 heavy (non-hydrogen) atoms. The van der Waals surface area contributed by atoms with Crippen molar-refractivity contribution in [1.82, 2.24) is 0 Å². The Kier molecular flexibility index (Phi) is 4.54. The average Bonchev–Trinajstić information content (AvgIpc) is 3.07. The van der Waals surface area contributed by atoms with Crippen LogP contribution in [0.4, 0.5) is 10.1 Å². The normalized spacial score (nSPS) is 10.5. The van der Waals surface area contributed by atoms with E-state index in [4.69, 9.17) is 21.8 Å². The monoisotopic (exact) mass is 358 g/mol. The Morgan fingerprint density at radius 2 is 1.84 bits per heavy atom. The average molecular weight is 359 g/mol. The van der Waals surface area contributed by atoms with Crippen molar-refractivity contribution in [1.29, 1.82) is 0 Å². The van der Waals surface area contributed by atoms with Gasteiger partial charge in [0.1, 0.15) is 11.6 Å². The maximum atomic E-state index is 13.9. The van der Waals surface area contributed by atoms with Crippen LogP contribution in [0.3, 0.4) is 0 Å². The fourth-order valence-corrected chi connectivity index (χ4v) is 2.45. The van der Waals surface area contributed by atoms with E-state index in [0.29, 0.717) is 16.3 Å². The fourth-order valence-electron chi connectivity index (χ4n) is 2.22. The number of hydrogen-bond donors (Lipinski definition) is 2. The van der Waals surface area contributed by atoms with Gasteiger partial charge in [0.05, 0.1) is 10.7 Å². The molecular formula is C18H12ClFN2O3. The van der Waals surface area contributed by atoms with Crippen LogP contribution in [0, 0.1) is 5.82 Å². The highest BCUT2D eigenvalue weighted by molar-refractivity contribution is 6.33. The molecule has 0 aliphatic heterocycles. The second kappa shape index (κ2) is 6.78. The standard InChI is InChI=1S/C18H12ClFN2O3/c19-12-4-2-1-3-11(12)15-7-8-16(25-15)18(24)22-14-6-5-10(17(21)23)9-13(14)20/h1-9H,(H2,21,23)(H,22,24). The number of primary amides is 1. The van der Waals surface area contributed by atoms with Crippen LogP contribution in [0.2, 0.25) is 5.02 Å². The minimum absolute atomic E-state index is 0.00621. The van der Waals surface area contributed by atoms with E-state index in [2.05, 4.69) is 5.32 Å². The van der Waals surface area contributed by atoms with Crippen molar-refractivity contribution >= 4 is 29.1 Å². The number of nitrogens with two attached hydrogens (primary N) is 1. The molecule has 0 saturated heterocycles. The van der Waals surface area contributed by atoms with Gasteiger partial charge in [-0.15, -0.1) is 0 Å². The highest BCUT2D eigenvalue weighted by Gasteiger charge is 2.16. The van der Waals surface area contributed by atoms with E-state index in [0.717, 1.165) is 6.07 Å². The van der Waals surface area contributed by atoms with Crippen molar-refractivity contribution in [2.24, 2.45) is 5.73 Å². The van der Waals surface area contributed by atoms with Gasteiger partial charge in [-0.2, -0.15) is 0 Å². The molecule has 2 amide bonds. The van der Waals surface area contributed by atoms with Crippen molar-refractivity contribution in [3.8, 4) is 11.3 Å². The van der Waals surface area contributed by atoms with Crippen LogP contribution in [-0.2, 0) is 0 Å². The van der Waals surface area contributed by atoms with Gasteiger partial charge < -0.3 is 15.5 Å². The third-order valence-electron chi connectivity index (χ3n) is 3.47. The molecular weight excluding hydrogens is 347 g/mol. The molecule has 0 aliphatic carbocycles. The first-order valence-electron chi connectivity index (χ1n) is 7.21. The van der Waals surface area contributed by atoms with E-state index in [9.17, 15) is 14.0 Å². The molecule has 7 heteroatoms. The van der Waals surface area contributed by atoms with Gasteiger partial charge in [0.25, 0.3) is 5.91 Å². The summed E-state index contributed by atoms with van der Waals surface area (Å²) >= 11 is 6.09. The predicted octanol–water partition coefficient (Wildman–Crippen LogP) is 4.09. The molecule has 3 N–H and O–H groups in total. The number of benzene rings is 2. The summed E-state index contributed by atoms with van der Waals surface area (Å²) in [5.74, 6) is -1.76. The Balaban J connectivity index is 1.81. The van der Waals surface area contributed by atoms with Gasteiger partial charge in [-0.1, -0.05) is 23.7 Å². The molecule has 0 bridgehead atoms. The van der Waals surface area contributed by atoms with Gasteiger partial charge in [-0.05, 0) is 42.5 Å². The van der Waals surface area contributed by atoms with Crippen LogP contribution in [0.1, 0.15) is 20.9 Å². The van der Waals surface area contributed by atoms with E-state index in [1.54, 1.807) is 30.3 Å². The predicted molar refractivity (Wildman–Crippen MR) is 92.0 cm³/mol. The van der Waals surface area contributed by atoms with Crippen LogP contribution in [0.5, 0.6) is 0 Å². The van der Waals surface area contributed by atoms with Crippen molar-refractivity contribution < 1.29 is 18.4 Å². The first-order chi connectivity index (χ1) is 12.0. The molecule has 0 saturated carbocycles. The third kappa shape index (κ3) is 3.54. The summed E-state index contributed by atoms with van der Waals surface area (Å²) in [6.07, 6.45) is 0. The molecule has 2 aromatic carbocycles. The topological polar surface area (TPSA) is 85.3 Å². The van der Waals surface area contributed by atoms with Gasteiger partial charge in [-0.25, -0.2) is 4.39 Å². The zero-order valence-electron chi connectivity index (χ0n) is 12.8. The highest BCUT2D eigenvalue weighted by Crippen LogP contribution is 2.29. The first-order valence-corrected chi connectivity index (χ1v) is 7.59. The Hall–Kier alpha value is -3.12. The number of hydrogen-bond acceptors (Lipinski definition) is 3. The number of nitrogens with one attached hydrogen (secondary N) is 1. The van der Waals surface area contributed by atoms with Crippen molar-refractivity contribution in [3.05, 3.63) is 76.8 Å². The second-order valence-electron chi connectivity index (χ2n) is 5.16. The van der Waals surface area contributed by atoms with E-state index in [-0.39, 0.29) is 17.0 Å². The Bertz CT molecular complexity index is 968. The lowest BCUT2D eigenvalue weighted by Crippen LogP contribution is -2.14. The minimum atomic E-state index is -0.775. The molecule has 0 aliphatic rings. The van der Waals surface area contributed by atoms with Crippen LogP contribution in [-0.4, -0.2) is 11.8 Å².